The number of nitrogens with one attached hydrogen (secondary N) is 2. The van der Waals surface area contributed by atoms with Crippen molar-refractivity contribution >= 4 is 0 Å². The molecule has 1 aliphatic rings. The van der Waals surface area contributed by atoms with Crippen molar-refractivity contribution in [3.63, 3.8) is 0 Å². The second kappa shape index (κ2) is 5.93. The SMILES string of the molecule is CC(CNC1CNC1)Oc1ccc(C(C)(C)C)cc1. The highest BCUT2D eigenvalue weighted by Crippen LogP contribution is 2.24. The van der Waals surface area contributed by atoms with E-state index in [0.29, 0.717) is 6.04 Å². The van der Waals surface area contributed by atoms with E-state index in [0.717, 1.165) is 25.4 Å². The molecule has 0 bridgehead atoms. The zero-order valence-corrected chi connectivity index (χ0v) is 12.5. The molecule has 1 atom stereocenters. The molecule has 1 heterocycles. The van der Waals surface area contributed by atoms with Crippen molar-refractivity contribution in [2.24, 2.45) is 0 Å². The molecule has 1 aromatic carbocycles. The van der Waals surface area contributed by atoms with E-state index in [-0.39, 0.29) is 11.5 Å². The molecule has 0 saturated carbocycles. The van der Waals surface area contributed by atoms with Crippen LogP contribution in [-0.2, 0) is 5.41 Å². The van der Waals surface area contributed by atoms with Gasteiger partial charge in [0.25, 0.3) is 0 Å². The average Bonchev–Trinajstić information content (AvgIpc) is 2.26. The number of hydrogen-bond donors (Lipinski definition) is 2. The van der Waals surface area contributed by atoms with E-state index < -0.39 is 0 Å². The highest BCUT2D eigenvalue weighted by molar-refractivity contribution is 5.31. The lowest BCUT2D eigenvalue weighted by atomic mass is 9.87. The van der Waals surface area contributed by atoms with Crippen LogP contribution in [0.25, 0.3) is 0 Å². The molecule has 1 fully saturated rings. The minimum atomic E-state index is 0.195. The minimum absolute atomic E-state index is 0.195. The van der Waals surface area contributed by atoms with E-state index in [1.54, 1.807) is 0 Å². The molecule has 19 heavy (non-hydrogen) atoms. The Morgan fingerprint density at radius 1 is 1.26 bits per heavy atom. The third-order valence-electron chi connectivity index (χ3n) is 3.53. The van der Waals surface area contributed by atoms with E-state index >= 15 is 0 Å². The Kier molecular flexibility index (Phi) is 4.48. The van der Waals surface area contributed by atoms with E-state index in [4.69, 9.17) is 4.74 Å². The zero-order chi connectivity index (χ0) is 13.9. The van der Waals surface area contributed by atoms with Crippen molar-refractivity contribution in [1.82, 2.24) is 10.6 Å². The summed E-state index contributed by atoms with van der Waals surface area (Å²) in [4.78, 5) is 0. The van der Waals surface area contributed by atoms with Crippen molar-refractivity contribution in [1.29, 1.82) is 0 Å². The maximum Gasteiger partial charge on any atom is 0.119 e. The maximum absolute atomic E-state index is 5.92. The summed E-state index contributed by atoms with van der Waals surface area (Å²) in [6, 6.07) is 9.08. The lowest BCUT2D eigenvalue weighted by Crippen LogP contribution is -2.56. The van der Waals surface area contributed by atoms with Crippen molar-refractivity contribution < 1.29 is 4.74 Å². The predicted molar refractivity (Wildman–Crippen MR) is 79.9 cm³/mol. The first-order valence-electron chi connectivity index (χ1n) is 7.16. The Labute approximate surface area is 116 Å². The van der Waals surface area contributed by atoms with E-state index in [1.165, 1.54) is 5.56 Å². The van der Waals surface area contributed by atoms with Gasteiger partial charge in [0, 0.05) is 25.7 Å². The van der Waals surface area contributed by atoms with Gasteiger partial charge in [-0.15, -0.1) is 0 Å². The van der Waals surface area contributed by atoms with Crippen LogP contribution < -0.4 is 15.4 Å². The summed E-state index contributed by atoms with van der Waals surface area (Å²) < 4.78 is 5.92. The van der Waals surface area contributed by atoms with Crippen LogP contribution in [0.2, 0.25) is 0 Å². The normalized spacial score (nSPS) is 17.9. The molecular formula is C16H26N2O. The molecule has 0 spiro atoms. The topological polar surface area (TPSA) is 33.3 Å². The molecule has 0 amide bonds. The largest absolute Gasteiger partial charge is 0.489 e. The first kappa shape index (κ1) is 14.4. The summed E-state index contributed by atoms with van der Waals surface area (Å²) in [5.41, 5.74) is 1.54. The van der Waals surface area contributed by atoms with Gasteiger partial charge in [-0.3, -0.25) is 0 Å². The molecule has 1 aromatic rings. The van der Waals surface area contributed by atoms with Gasteiger partial charge in [0.15, 0.2) is 0 Å². The molecule has 2 N–H and O–H groups in total. The number of hydrogen-bond acceptors (Lipinski definition) is 3. The van der Waals surface area contributed by atoms with E-state index in [2.05, 4.69) is 62.6 Å². The van der Waals surface area contributed by atoms with Gasteiger partial charge in [0.1, 0.15) is 11.9 Å². The van der Waals surface area contributed by atoms with Gasteiger partial charge in [0.05, 0.1) is 0 Å². The summed E-state index contributed by atoms with van der Waals surface area (Å²) in [7, 11) is 0. The van der Waals surface area contributed by atoms with Crippen LogP contribution in [0.4, 0.5) is 0 Å². The Balaban J connectivity index is 1.81. The maximum atomic E-state index is 5.92. The van der Waals surface area contributed by atoms with Crippen molar-refractivity contribution in [2.45, 2.75) is 45.3 Å². The number of rotatable bonds is 5. The Morgan fingerprint density at radius 3 is 2.37 bits per heavy atom. The second-order valence-electron chi connectivity index (χ2n) is 6.47. The fourth-order valence-electron chi connectivity index (χ4n) is 2.07. The minimum Gasteiger partial charge on any atom is -0.489 e. The predicted octanol–water partition coefficient (Wildman–Crippen LogP) is 2.31. The van der Waals surface area contributed by atoms with Crippen LogP contribution in [0, 0.1) is 0 Å². The molecule has 106 valence electrons. The smallest absolute Gasteiger partial charge is 0.119 e. The van der Waals surface area contributed by atoms with Gasteiger partial charge in [0.2, 0.25) is 0 Å². The van der Waals surface area contributed by atoms with Crippen LogP contribution >= 0.6 is 0 Å². The second-order valence-corrected chi connectivity index (χ2v) is 6.47. The van der Waals surface area contributed by atoms with Crippen LogP contribution in [0.15, 0.2) is 24.3 Å². The third-order valence-corrected chi connectivity index (χ3v) is 3.53. The van der Waals surface area contributed by atoms with Crippen LogP contribution in [-0.4, -0.2) is 31.8 Å². The van der Waals surface area contributed by atoms with E-state index in [1.807, 2.05) is 0 Å². The van der Waals surface area contributed by atoms with Crippen LogP contribution in [0.1, 0.15) is 33.3 Å². The molecule has 1 aliphatic heterocycles. The quantitative estimate of drug-likeness (QED) is 0.854. The first-order chi connectivity index (χ1) is 8.95. The third kappa shape index (κ3) is 4.22. The zero-order valence-electron chi connectivity index (χ0n) is 12.5. The van der Waals surface area contributed by atoms with Crippen molar-refractivity contribution in [3.8, 4) is 5.75 Å². The number of ether oxygens (including phenoxy) is 1. The molecular weight excluding hydrogens is 236 g/mol. The van der Waals surface area contributed by atoms with Gasteiger partial charge < -0.3 is 15.4 Å². The summed E-state index contributed by atoms with van der Waals surface area (Å²) in [5.74, 6) is 0.953. The molecule has 2 rings (SSSR count). The molecule has 1 saturated heterocycles. The Morgan fingerprint density at radius 2 is 1.89 bits per heavy atom. The molecule has 3 nitrogen and oxygen atoms in total. The summed E-state index contributed by atoms with van der Waals surface area (Å²) in [6.07, 6.45) is 0.195. The van der Waals surface area contributed by atoms with E-state index in [9.17, 15) is 0 Å². The lowest BCUT2D eigenvalue weighted by molar-refractivity contribution is 0.203. The van der Waals surface area contributed by atoms with Gasteiger partial charge >= 0.3 is 0 Å². The number of benzene rings is 1. The van der Waals surface area contributed by atoms with Gasteiger partial charge in [-0.2, -0.15) is 0 Å². The van der Waals surface area contributed by atoms with Crippen LogP contribution in [0.3, 0.4) is 0 Å². The Bertz CT molecular complexity index is 390. The molecule has 1 unspecified atom stereocenters. The van der Waals surface area contributed by atoms with Gasteiger partial charge in [-0.25, -0.2) is 0 Å². The van der Waals surface area contributed by atoms with Crippen LogP contribution in [0.5, 0.6) is 5.75 Å². The highest BCUT2D eigenvalue weighted by Gasteiger charge is 2.17. The highest BCUT2D eigenvalue weighted by atomic mass is 16.5. The summed E-state index contributed by atoms with van der Waals surface area (Å²) in [6.45, 7) is 11.8. The average molecular weight is 262 g/mol. The fraction of sp³-hybridized carbons (Fsp3) is 0.625. The monoisotopic (exact) mass is 262 g/mol. The first-order valence-corrected chi connectivity index (χ1v) is 7.16. The Hall–Kier alpha value is -1.06. The molecule has 3 heteroatoms. The van der Waals surface area contributed by atoms with Gasteiger partial charge in [-0.05, 0) is 30.0 Å². The molecule has 0 aromatic heterocycles. The van der Waals surface area contributed by atoms with Crippen molar-refractivity contribution in [3.05, 3.63) is 29.8 Å². The lowest BCUT2D eigenvalue weighted by Gasteiger charge is -2.29. The molecule has 0 radical (unpaired) electrons. The van der Waals surface area contributed by atoms with Crippen molar-refractivity contribution in [2.75, 3.05) is 19.6 Å². The fourth-order valence-corrected chi connectivity index (χ4v) is 2.07. The summed E-state index contributed by atoms with van der Waals surface area (Å²) in [5, 5.41) is 6.74. The summed E-state index contributed by atoms with van der Waals surface area (Å²) >= 11 is 0. The van der Waals surface area contributed by atoms with Gasteiger partial charge in [-0.1, -0.05) is 32.9 Å². The standard InChI is InChI=1S/C16H26N2O/c1-12(9-18-14-10-17-11-14)19-15-7-5-13(6-8-15)16(2,3)4/h5-8,12,14,17-18H,9-11H2,1-4H3. The molecule has 0 aliphatic carbocycles.